The Bertz CT molecular complexity index is 1340. The molecule has 0 spiro atoms. The number of aliphatic imine (C=N–C) groups is 1. The highest BCUT2D eigenvalue weighted by Crippen LogP contribution is 2.31. The second-order valence-corrected chi connectivity index (χ2v) is 7.87. The molecule has 1 aliphatic heterocycles. The molecule has 0 saturated carbocycles. The Hall–Kier alpha value is -3.94. The Morgan fingerprint density at radius 1 is 1.23 bits per heavy atom. The van der Waals surface area contributed by atoms with Gasteiger partial charge in [0.1, 0.15) is 5.65 Å². The Morgan fingerprint density at radius 3 is 2.94 bits per heavy atom. The molecular formula is C23H23N7O. The number of amides is 2. The van der Waals surface area contributed by atoms with Crippen molar-refractivity contribution in [3.8, 4) is 0 Å². The SMILES string of the molecule is CC(C)=NC(=O)N1CC=C(c2cc3c(Nc4ccc5[nH]ncc5c4)ccnc3[nH]2)CC1. The topological polar surface area (TPSA) is 102 Å². The summed E-state index contributed by atoms with van der Waals surface area (Å²) in [5.74, 6) is 0. The molecule has 0 unspecified atom stereocenters. The van der Waals surface area contributed by atoms with Crippen molar-refractivity contribution in [3.63, 3.8) is 0 Å². The molecule has 3 N–H and O–H groups in total. The fourth-order valence-electron chi connectivity index (χ4n) is 3.83. The number of aromatic amines is 2. The van der Waals surface area contributed by atoms with E-state index >= 15 is 0 Å². The van der Waals surface area contributed by atoms with Crippen molar-refractivity contribution in [3.05, 3.63) is 54.5 Å². The lowest BCUT2D eigenvalue weighted by atomic mass is 10.0. The average Bonchev–Trinajstić information content (AvgIpc) is 3.40. The molecule has 4 aromatic rings. The van der Waals surface area contributed by atoms with Crippen molar-refractivity contribution < 1.29 is 4.79 Å². The van der Waals surface area contributed by atoms with Crippen LogP contribution >= 0.6 is 0 Å². The zero-order valence-electron chi connectivity index (χ0n) is 17.4. The van der Waals surface area contributed by atoms with E-state index in [2.05, 4.69) is 48.7 Å². The second kappa shape index (κ2) is 7.71. The van der Waals surface area contributed by atoms with Crippen molar-refractivity contribution in [1.29, 1.82) is 0 Å². The third kappa shape index (κ3) is 3.79. The standard InChI is InChI=1S/C23H23N7O/c1-14(2)26-23(31)30-9-6-15(7-10-30)21-12-18-20(5-8-24-22(18)28-21)27-17-3-4-19-16(11-17)13-25-29-19/h3-6,8,11-13H,7,9-10H2,1-2H3,(H,25,29)(H2,24,27,28). The van der Waals surface area contributed by atoms with Crippen molar-refractivity contribution in [2.75, 3.05) is 18.4 Å². The van der Waals surface area contributed by atoms with Gasteiger partial charge in [0.05, 0.1) is 17.4 Å². The van der Waals surface area contributed by atoms with E-state index in [-0.39, 0.29) is 6.03 Å². The summed E-state index contributed by atoms with van der Waals surface area (Å²) in [6.07, 6.45) is 6.47. The molecule has 156 valence electrons. The first-order valence-electron chi connectivity index (χ1n) is 10.2. The van der Waals surface area contributed by atoms with Crippen LogP contribution in [0.25, 0.3) is 27.5 Å². The number of nitrogens with one attached hydrogen (secondary N) is 3. The molecule has 0 atom stereocenters. The molecule has 8 nitrogen and oxygen atoms in total. The van der Waals surface area contributed by atoms with E-state index in [4.69, 9.17) is 0 Å². The monoisotopic (exact) mass is 413 g/mol. The molecule has 0 bridgehead atoms. The Kier molecular flexibility index (Phi) is 4.74. The number of aromatic nitrogens is 4. The molecular weight excluding hydrogens is 390 g/mol. The lowest BCUT2D eigenvalue weighted by Gasteiger charge is -2.24. The van der Waals surface area contributed by atoms with Gasteiger partial charge in [-0.25, -0.2) is 14.8 Å². The van der Waals surface area contributed by atoms with E-state index in [1.807, 2.05) is 38.2 Å². The van der Waals surface area contributed by atoms with E-state index in [9.17, 15) is 4.79 Å². The van der Waals surface area contributed by atoms with Crippen molar-refractivity contribution in [2.45, 2.75) is 20.3 Å². The summed E-state index contributed by atoms with van der Waals surface area (Å²) in [5.41, 5.74) is 6.79. The molecule has 1 aromatic carbocycles. The summed E-state index contributed by atoms with van der Waals surface area (Å²) in [5, 5.41) is 12.6. The van der Waals surface area contributed by atoms with Gasteiger partial charge in [-0.05, 0) is 56.2 Å². The van der Waals surface area contributed by atoms with Gasteiger partial charge in [-0.3, -0.25) is 5.10 Å². The van der Waals surface area contributed by atoms with Gasteiger partial charge >= 0.3 is 6.03 Å². The van der Waals surface area contributed by atoms with Gasteiger partial charge in [-0.1, -0.05) is 6.08 Å². The van der Waals surface area contributed by atoms with Gasteiger partial charge in [0.25, 0.3) is 0 Å². The van der Waals surface area contributed by atoms with Crippen LogP contribution in [0.2, 0.25) is 0 Å². The normalized spacial score (nSPS) is 14.0. The minimum absolute atomic E-state index is 0.172. The highest BCUT2D eigenvalue weighted by Gasteiger charge is 2.19. The summed E-state index contributed by atoms with van der Waals surface area (Å²) in [6, 6.07) is 10.0. The molecule has 0 saturated heterocycles. The number of hydrogen-bond donors (Lipinski definition) is 3. The highest BCUT2D eigenvalue weighted by atomic mass is 16.2. The number of carbonyl (C=O) groups excluding carboxylic acids is 1. The summed E-state index contributed by atoms with van der Waals surface area (Å²) < 4.78 is 0. The largest absolute Gasteiger partial charge is 0.355 e. The van der Waals surface area contributed by atoms with Gasteiger partial charge in [-0.2, -0.15) is 5.10 Å². The number of H-pyrrole nitrogens is 2. The Balaban J connectivity index is 1.40. The van der Waals surface area contributed by atoms with Gasteiger partial charge in [0.15, 0.2) is 0 Å². The summed E-state index contributed by atoms with van der Waals surface area (Å²) in [7, 11) is 0. The average molecular weight is 413 g/mol. The third-order valence-electron chi connectivity index (χ3n) is 5.40. The minimum atomic E-state index is -0.172. The van der Waals surface area contributed by atoms with Crippen LogP contribution in [0, 0.1) is 0 Å². The van der Waals surface area contributed by atoms with E-state index in [0.717, 1.165) is 51.1 Å². The minimum Gasteiger partial charge on any atom is -0.355 e. The van der Waals surface area contributed by atoms with Crippen LogP contribution in [0.4, 0.5) is 16.2 Å². The number of benzene rings is 1. The summed E-state index contributed by atoms with van der Waals surface area (Å²) >= 11 is 0. The number of rotatable bonds is 3. The van der Waals surface area contributed by atoms with Crippen LogP contribution in [0.15, 0.2) is 53.8 Å². The van der Waals surface area contributed by atoms with Crippen LogP contribution in [0.5, 0.6) is 0 Å². The van der Waals surface area contributed by atoms with Crippen LogP contribution < -0.4 is 5.32 Å². The molecule has 0 fully saturated rings. The van der Waals surface area contributed by atoms with Crippen molar-refractivity contribution in [2.24, 2.45) is 4.99 Å². The molecule has 5 rings (SSSR count). The smallest absolute Gasteiger partial charge is 0.343 e. The molecule has 0 radical (unpaired) electrons. The molecule has 31 heavy (non-hydrogen) atoms. The maximum atomic E-state index is 12.2. The van der Waals surface area contributed by atoms with E-state index in [0.29, 0.717) is 13.1 Å². The van der Waals surface area contributed by atoms with Crippen LogP contribution in [0.3, 0.4) is 0 Å². The number of nitrogens with zero attached hydrogens (tertiary/aromatic N) is 4. The molecule has 2 amide bonds. The van der Waals surface area contributed by atoms with E-state index in [1.54, 1.807) is 11.1 Å². The zero-order chi connectivity index (χ0) is 21.4. The Morgan fingerprint density at radius 2 is 2.13 bits per heavy atom. The van der Waals surface area contributed by atoms with Gasteiger partial charge in [0.2, 0.25) is 0 Å². The number of pyridine rings is 1. The first-order valence-corrected chi connectivity index (χ1v) is 10.2. The molecule has 3 aromatic heterocycles. The number of hydrogen-bond acceptors (Lipinski definition) is 4. The van der Waals surface area contributed by atoms with Crippen LogP contribution in [-0.2, 0) is 0 Å². The lowest BCUT2D eigenvalue weighted by Crippen LogP contribution is -2.32. The number of anilines is 2. The predicted molar refractivity (Wildman–Crippen MR) is 124 cm³/mol. The lowest BCUT2D eigenvalue weighted by molar-refractivity contribution is 0.213. The van der Waals surface area contributed by atoms with Gasteiger partial charge in [-0.15, -0.1) is 0 Å². The first kappa shape index (κ1) is 19.0. The molecule has 1 aliphatic rings. The fraction of sp³-hybridized carbons (Fsp3) is 0.217. The predicted octanol–water partition coefficient (Wildman–Crippen LogP) is 4.87. The fourth-order valence-corrected chi connectivity index (χ4v) is 3.83. The zero-order valence-corrected chi connectivity index (χ0v) is 17.4. The highest BCUT2D eigenvalue weighted by molar-refractivity contribution is 5.95. The third-order valence-corrected chi connectivity index (χ3v) is 5.40. The molecule has 4 heterocycles. The summed E-state index contributed by atoms with van der Waals surface area (Å²) in [4.78, 5) is 25.9. The maximum absolute atomic E-state index is 12.2. The molecule has 8 heteroatoms. The number of carbonyl (C=O) groups is 1. The maximum Gasteiger partial charge on any atom is 0.343 e. The van der Waals surface area contributed by atoms with Gasteiger partial charge < -0.3 is 15.2 Å². The second-order valence-electron chi connectivity index (χ2n) is 7.87. The van der Waals surface area contributed by atoms with Crippen molar-refractivity contribution >= 4 is 50.6 Å². The Labute approximate surface area is 179 Å². The number of fused-ring (bicyclic) bond motifs is 2. The van der Waals surface area contributed by atoms with Crippen LogP contribution in [0.1, 0.15) is 26.0 Å². The van der Waals surface area contributed by atoms with Crippen LogP contribution in [-0.4, -0.2) is 49.9 Å². The number of urea groups is 1. The molecule has 0 aliphatic carbocycles. The first-order chi connectivity index (χ1) is 15.1. The quantitative estimate of drug-likeness (QED) is 0.417. The summed E-state index contributed by atoms with van der Waals surface area (Å²) in [6.45, 7) is 4.88. The van der Waals surface area contributed by atoms with E-state index in [1.165, 1.54) is 5.57 Å². The van der Waals surface area contributed by atoms with Gasteiger partial charge in [0, 0.05) is 47.2 Å². The van der Waals surface area contributed by atoms with E-state index < -0.39 is 0 Å². The van der Waals surface area contributed by atoms with Crippen molar-refractivity contribution in [1.82, 2.24) is 25.1 Å².